The summed E-state index contributed by atoms with van der Waals surface area (Å²) in [7, 11) is 0. The van der Waals surface area contributed by atoms with E-state index in [-0.39, 0.29) is 6.61 Å². The van der Waals surface area contributed by atoms with Gasteiger partial charge >= 0.3 is 11.9 Å². The van der Waals surface area contributed by atoms with E-state index in [2.05, 4.69) is 4.74 Å². The maximum Gasteiger partial charge on any atom is 0.347 e. The number of hydrogen-bond acceptors (Lipinski definition) is 4. The highest BCUT2D eigenvalue weighted by molar-refractivity contribution is 5.97. The Hall–Kier alpha value is -1.10. The largest absolute Gasteiger partial charge is 0.479 e. The van der Waals surface area contributed by atoms with Crippen LogP contribution in [0.1, 0.15) is 45.4 Å². The van der Waals surface area contributed by atoms with E-state index < -0.39 is 18.0 Å². The molecule has 1 rings (SSSR count). The number of rotatable bonds is 7. The number of ether oxygens (including phenoxy) is 2. The lowest BCUT2D eigenvalue weighted by atomic mass is 9.87. The summed E-state index contributed by atoms with van der Waals surface area (Å²) in [6.45, 7) is 2.11. The molecule has 0 spiro atoms. The quantitative estimate of drug-likeness (QED) is 0.558. The molecule has 1 aliphatic rings. The molecule has 0 radical (unpaired) electrons. The van der Waals surface area contributed by atoms with E-state index >= 15 is 0 Å². The molecule has 5 heteroatoms. The highest BCUT2D eigenvalue weighted by Gasteiger charge is 2.28. The normalized spacial score (nSPS) is 18.3. The molecule has 0 bridgehead atoms. The van der Waals surface area contributed by atoms with Crippen LogP contribution in [0.5, 0.6) is 0 Å². The molecule has 1 saturated carbocycles. The average Bonchev–Trinajstić information content (AvgIpc) is 2.35. The summed E-state index contributed by atoms with van der Waals surface area (Å²) < 4.78 is 9.81. The van der Waals surface area contributed by atoms with Crippen molar-refractivity contribution in [2.75, 3.05) is 13.2 Å². The van der Waals surface area contributed by atoms with E-state index in [4.69, 9.17) is 9.84 Å². The summed E-state index contributed by atoms with van der Waals surface area (Å²) in [6.07, 6.45) is 5.48. The van der Waals surface area contributed by atoms with Gasteiger partial charge in [0.25, 0.3) is 6.10 Å². The molecule has 0 aromatic carbocycles. The third-order valence-electron chi connectivity index (χ3n) is 3.26. The van der Waals surface area contributed by atoms with E-state index in [0.717, 1.165) is 6.42 Å². The monoisotopic (exact) mass is 258 g/mol. The maximum atomic E-state index is 11.3. The molecule has 0 aromatic heterocycles. The third kappa shape index (κ3) is 5.04. The predicted octanol–water partition coefficient (Wildman–Crippen LogP) is 1.99. The summed E-state index contributed by atoms with van der Waals surface area (Å²) >= 11 is 0. The van der Waals surface area contributed by atoms with E-state index in [1.54, 1.807) is 6.92 Å². The molecule has 1 atom stereocenters. The second kappa shape index (κ2) is 8.08. The molecule has 1 aliphatic carbocycles. The molecule has 0 saturated heterocycles. The van der Waals surface area contributed by atoms with Gasteiger partial charge in [-0.15, -0.1) is 0 Å². The number of aliphatic carboxylic acids is 1. The molecule has 1 unspecified atom stereocenters. The Labute approximate surface area is 107 Å². The standard InChI is InChI=1S/C13H22O5/c1-2-17-13(16)11(12(14)15)18-9-8-10-6-4-3-5-7-10/h10-11H,2-9H2,1H3,(H,14,15). The van der Waals surface area contributed by atoms with Crippen molar-refractivity contribution in [2.24, 2.45) is 5.92 Å². The van der Waals surface area contributed by atoms with Gasteiger partial charge in [0.15, 0.2) is 0 Å². The van der Waals surface area contributed by atoms with Gasteiger partial charge in [0.05, 0.1) is 6.61 Å². The molecule has 0 aliphatic heterocycles. The first-order chi connectivity index (χ1) is 8.65. The Bertz CT molecular complexity index is 271. The van der Waals surface area contributed by atoms with Crippen molar-refractivity contribution in [3.05, 3.63) is 0 Å². The summed E-state index contributed by atoms with van der Waals surface area (Å²) in [5, 5.41) is 8.88. The van der Waals surface area contributed by atoms with Crippen LogP contribution >= 0.6 is 0 Å². The zero-order valence-corrected chi connectivity index (χ0v) is 10.9. The van der Waals surface area contributed by atoms with Crippen molar-refractivity contribution in [2.45, 2.75) is 51.6 Å². The molecule has 5 nitrogen and oxygen atoms in total. The molecule has 1 N–H and O–H groups in total. The molecule has 0 aromatic rings. The summed E-state index contributed by atoms with van der Waals surface area (Å²) in [5.41, 5.74) is 0. The zero-order chi connectivity index (χ0) is 13.4. The Kier molecular flexibility index (Phi) is 6.72. The third-order valence-corrected chi connectivity index (χ3v) is 3.26. The molecule has 18 heavy (non-hydrogen) atoms. The predicted molar refractivity (Wildman–Crippen MR) is 65.2 cm³/mol. The molecule has 1 fully saturated rings. The number of carbonyl (C=O) groups is 2. The van der Waals surface area contributed by atoms with Crippen molar-refractivity contribution >= 4 is 11.9 Å². The van der Waals surface area contributed by atoms with Gasteiger partial charge in [-0.05, 0) is 19.3 Å². The molecular weight excluding hydrogens is 236 g/mol. The first-order valence-electron chi connectivity index (χ1n) is 6.66. The van der Waals surface area contributed by atoms with Gasteiger partial charge in [-0.2, -0.15) is 0 Å². The van der Waals surface area contributed by atoms with Gasteiger partial charge < -0.3 is 14.6 Å². The van der Waals surface area contributed by atoms with Gasteiger partial charge in [-0.1, -0.05) is 32.1 Å². The number of carboxylic acid groups (broad SMARTS) is 1. The van der Waals surface area contributed by atoms with E-state index in [0.29, 0.717) is 12.5 Å². The Morgan fingerprint density at radius 2 is 1.94 bits per heavy atom. The van der Waals surface area contributed by atoms with Gasteiger partial charge in [0, 0.05) is 6.61 Å². The van der Waals surface area contributed by atoms with Crippen molar-refractivity contribution in [1.82, 2.24) is 0 Å². The number of hydrogen-bond donors (Lipinski definition) is 1. The fourth-order valence-corrected chi connectivity index (χ4v) is 2.29. The molecule has 104 valence electrons. The van der Waals surface area contributed by atoms with Crippen LogP contribution < -0.4 is 0 Å². The van der Waals surface area contributed by atoms with Crippen LogP contribution in [0.3, 0.4) is 0 Å². The second-order valence-electron chi connectivity index (χ2n) is 4.63. The first-order valence-corrected chi connectivity index (χ1v) is 6.66. The molecule has 0 amide bonds. The fraction of sp³-hybridized carbons (Fsp3) is 0.846. The molecular formula is C13H22O5. The highest BCUT2D eigenvalue weighted by Crippen LogP contribution is 2.26. The lowest BCUT2D eigenvalue weighted by molar-refractivity contribution is -0.169. The SMILES string of the molecule is CCOC(=O)C(OCCC1CCCCC1)C(=O)O. The Morgan fingerprint density at radius 3 is 2.50 bits per heavy atom. The van der Waals surface area contributed by atoms with Crippen LogP contribution in [0.25, 0.3) is 0 Å². The van der Waals surface area contributed by atoms with Crippen molar-refractivity contribution in [3.63, 3.8) is 0 Å². The topological polar surface area (TPSA) is 72.8 Å². The number of carboxylic acids is 1. The van der Waals surface area contributed by atoms with Gasteiger partial charge in [-0.3, -0.25) is 0 Å². The van der Waals surface area contributed by atoms with Crippen molar-refractivity contribution in [1.29, 1.82) is 0 Å². The van der Waals surface area contributed by atoms with Crippen molar-refractivity contribution < 1.29 is 24.2 Å². The summed E-state index contributed by atoms with van der Waals surface area (Å²) in [6, 6.07) is 0. The van der Waals surface area contributed by atoms with Crippen molar-refractivity contribution in [3.8, 4) is 0 Å². The Morgan fingerprint density at radius 1 is 1.28 bits per heavy atom. The fourth-order valence-electron chi connectivity index (χ4n) is 2.29. The second-order valence-corrected chi connectivity index (χ2v) is 4.63. The number of esters is 1. The first kappa shape index (κ1) is 15.0. The zero-order valence-electron chi connectivity index (χ0n) is 10.9. The van der Waals surface area contributed by atoms with Crippen LogP contribution in [-0.2, 0) is 19.1 Å². The van der Waals surface area contributed by atoms with Crippen LogP contribution in [0, 0.1) is 5.92 Å². The van der Waals surface area contributed by atoms with Crippen LogP contribution in [0.15, 0.2) is 0 Å². The van der Waals surface area contributed by atoms with Crippen LogP contribution in [0.2, 0.25) is 0 Å². The average molecular weight is 258 g/mol. The lowest BCUT2D eigenvalue weighted by Gasteiger charge is -2.21. The lowest BCUT2D eigenvalue weighted by Crippen LogP contribution is -2.35. The summed E-state index contributed by atoms with van der Waals surface area (Å²) in [5.74, 6) is -1.49. The van der Waals surface area contributed by atoms with Gasteiger partial charge in [-0.25, -0.2) is 9.59 Å². The summed E-state index contributed by atoms with van der Waals surface area (Å²) in [4.78, 5) is 22.2. The van der Waals surface area contributed by atoms with E-state index in [9.17, 15) is 9.59 Å². The van der Waals surface area contributed by atoms with Crippen LogP contribution in [-0.4, -0.2) is 36.4 Å². The van der Waals surface area contributed by atoms with Gasteiger partial charge in [0.2, 0.25) is 0 Å². The smallest absolute Gasteiger partial charge is 0.347 e. The van der Waals surface area contributed by atoms with Crippen LogP contribution in [0.4, 0.5) is 0 Å². The maximum absolute atomic E-state index is 11.3. The minimum Gasteiger partial charge on any atom is -0.479 e. The number of carbonyl (C=O) groups excluding carboxylic acids is 1. The Balaban J connectivity index is 2.28. The van der Waals surface area contributed by atoms with Gasteiger partial charge in [0.1, 0.15) is 0 Å². The van der Waals surface area contributed by atoms with E-state index in [1.807, 2.05) is 0 Å². The van der Waals surface area contributed by atoms with E-state index in [1.165, 1.54) is 32.1 Å². The highest BCUT2D eigenvalue weighted by atomic mass is 16.6. The minimum atomic E-state index is -1.48. The minimum absolute atomic E-state index is 0.161. The molecule has 0 heterocycles.